The van der Waals surface area contributed by atoms with Gasteiger partial charge in [-0.15, -0.1) is 6.58 Å². The lowest BCUT2D eigenvalue weighted by molar-refractivity contribution is -0.147. The van der Waals surface area contributed by atoms with Gasteiger partial charge in [0.05, 0.1) is 0 Å². The van der Waals surface area contributed by atoms with Crippen molar-refractivity contribution in [3.8, 4) is 0 Å². The van der Waals surface area contributed by atoms with Crippen LogP contribution in [0, 0.1) is 0 Å². The molecule has 12 heavy (non-hydrogen) atoms. The van der Waals surface area contributed by atoms with Gasteiger partial charge in [-0.1, -0.05) is 6.08 Å². The Hall–Kier alpha value is -1.85. The Kier molecular flexibility index (Phi) is 4.13. The van der Waals surface area contributed by atoms with E-state index in [9.17, 15) is 14.4 Å². The lowest BCUT2D eigenvalue weighted by Crippen LogP contribution is -2.47. The first-order valence-electron chi connectivity index (χ1n) is 2.96. The molecule has 0 radical (unpaired) electrons. The number of aliphatic carboxylic acids is 1. The predicted molar refractivity (Wildman–Crippen MR) is 38.7 cm³/mol. The van der Waals surface area contributed by atoms with E-state index in [4.69, 9.17) is 5.11 Å². The van der Waals surface area contributed by atoms with Gasteiger partial charge >= 0.3 is 5.97 Å². The SMILES string of the molecule is C=CC(C(=O)O)N(C=O)NC=O. The Morgan fingerprint density at radius 3 is 2.42 bits per heavy atom. The quantitative estimate of drug-likeness (QED) is 0.297. The van der Waals surface area contributed by atoms with Gasteiger partial charge in [-0.2, -0.15) is 0 Å². The molecule has 0 aliphatic rings. The second kappa shape index (κ2) is 4.89. The number of hydrazine groups is 1. The van der Waals surface area contributed by atoms with Crippen LogP contribution >= 0.6 is 0 Å². The van der Waals surface area contributed by atoms with Crippen LogP contribution in [-0.4, -0.2) is 34.9 Å². The first kappa shape index (κ1) is 10.2. The monoisotopic (exact) mass is 172 g/mol. The molecule has 66 valence electrons. The van der Waals surface area contributed by atoms with E-state index < -0.39 is 12.0 Å². The van der Waals surface area contributed by atoms with Gasteiger partial charge in [-0.05, 0) is 0 Å². The van der Waals surface area contributed by atoms with E-state index in [1.54, 1.807) is 0 Å². The number of hydrogen-bond donors (Lipinski definition) is 2. The lowest BCUT2D eigenvalue weighted by Gasteiger charge is -2.19. The van der Waals surface area contributed by atoms with Crippen LogP contribution in [0.15, 0.2) is 12.7 Å². The van der Waals surface area contributed by atoms with Crippen LogP contribution in [-0.2, 0) is 14.4 Å². The molecule has 6 nitrogen and oxygen atoms in total. The van der Waals surface area contributed by atoms with Crippen molar-refractivity contribution in [1.29, 1.82) is 0 Å². The second-order valence-corrected chi connectivity index (χ2v) is 1.78. The maximum absolute atomic E-state index is 10.4. The number of amides is 2. The van der Waals surface area contributed by atoms with Crippen molar-refractivity contribution in [2.75, 3.05) is 0 Å². The fourth-order valence-electron chi connectivity index (χ4n) is 0.571. The molecule has 0 rings (SSSR count). The number of rotatable bonds is 6. The molecule has 1 unspecified atom stereocenters. The Morgan fingerprint density at radius 1 is 1.58 bits per heavy atom. The van der Waals surface area contributed by atoms with Crippen LogP contribution in [0.3, 0.4) is 0 Å². The fraction of sp³-hybridized carbons (Fsp3) is 0.167. The van der Waals surface area contributed by atoms with Crippen molar-refractivity contribution in [3.63, 3.8) is 0 Å². The molecule has 1 atom stereocenters. The smallest absolute Gasteiger partial charge is 0.332 e. The van der Waals surface area contributed by atoms with Crippen molar-refractivity contribution < 1.29 is 19.5 Å². The number of carbonyl (C=O) groups excluding carboxylic acids is 2. The van der Waals surface area contributed by atoms with Gasteiger partial charge < -0.3 is 5.11 Å². The molecule has 0 spiro atoms. The Bertz CT molecular complexity index is 204. The third-order valence-electron chi connectivity index (χ3n) is 1.09. The molecule has 0 fully saturated rings. The number of carboxylic acid groups (broad SMARTS) is 1. The van der Waals surface area contributed by atoms with E-state index in [2.05, 4.69) is 6.58 Å². The molecular formula is C6H8N2O4. The summed E-state index contributed by atoms with van der Waals surface area (Å²) in [4.78, 5) is 30.4. The van der Waals surface area contributed by atoms with Crippen molar-refractivity contribution in [1.82, 2.24) is 10.4 Å². The van der Waals surface area contributed by atoms with Crippen LogP contribution < -0.4 is 5.43 Å². The number of nitrogens with one attached hydrogen (secondary N) is 1. The van der Waals surface area contributed by atoms with Gasteiger partial charge in [0, 0.05) is 0 Å². The van der Waals surface area contributed by atoms with E-state index in [1.165, 1.54) is 0 Å². The van der Waals surface area contributed by atoms with E-state index >= 15 is 0 Å². The molecule has 0 aromatic rings. The standard InChI is InChI=1S/C6H8N2O4/c1-2-5(6(11)12)8(4-10)7-3-9/h2-5H,1H2,(H,7,9)(H,11,12). The summed E-state index contributed by atoms with van der Waals surface area (Å²) in [7, 11) is 0. The van der Waals surface area contributed by atoms with Crippen molar-refractivity contribution in [2.24, 2.45) is 0 Å². The molecule has 0 saturated heterocycles. The molecule has 0 bridgehead atoms. The minimum Gasteiger partial charge on any atom is -0.479 e. The zero-order valence-corrected chi connectivity index (χ0v) is 6.14. The number of carbonyl (C=O) groups is 3. The molecule has 0 saturated carbocycles. The molecule has 0 aliphatic heterocycles. The van der Waals surface area contributed by atoms with Gasteiger partial charge in [0.15, 0.2) is 6.04 Å². The average molecular weight is 172 g/mol. The summed E-state index contributed by atoms with van der Waals surface area (Å²) >= 11 is 0. The third-order valence-corrected chi connectivity index (χ3v) is 1.09. The van der Waals surface area contributed by atoms with Crippen molar-refractivity contribution >= 4 is 18.8 Å². The normalized spacial score (nSPS) is 11.0. The lowest BCUT2D eigenvalue weighted by atomic mass is 10.3. The average Bonchev–Trinajstić information content (AvgIpc) is 2.03. The number of carboxylic acids is 1. The Morgan fingerprint density at radius 2 is 2.17 bits per heavy atom. The molecule has 2 amide bonds. The summed E-state index contributed by atoms with van der Waals surface area (Å²) in [5, 5.41) is 9.06. The number of hydrogen-bond acceptors (Lipinski definition) is 3. The van der Waals surface area contributed by atoms with E-state index in [-0.39, 0.29) is 12.8 Å². The summed E-state index contributed by atoms with van der Waals surface area (Å²) < 4.78 is 0. The first-order chi connectivity index (χ1) is 5.67. The Labute approximate surface area is 68.4 Å². The zero-order chi connectivity index (χ0) is 9.56. The van der Waals surface area contributed by atoms with Gasteiger partial charge in [0.25, 0.3) is 0 Å². The summed E-state index contributed by atoms with van der Waals surface area (Å²) in [6.07, 6.45) is 1.41. The van der Waals surface area contributed by atoms with Crippen LogP contribution in [0.1, 0.15) is 0 Å². The molecule has 0 aromatic heterocycles. The summed E-state index contributed by atoms with van der Waals surface area (Å²) in [6, 6.07) is -1.24. The summed E-state index contributed by atoms with van der Waals surface area (Å²) in [6.45, 7) is 3.20. The maximum atomic E-state index is 10.4. The third kappa shape index (κ3) is 2.41. The van der Waals surface area contributed by atoms with Gasteiger partial charge in [0.1, 0.15) is 0 Å². The fourth-order valence-corrected chi connectivity index (χ4v) is 0.571. The van der Waals surface area contributed by atoms with E-state index in [0.29, 0.717) is 5.01 Å². The van der Waals surface area contributed by atoms with Crippen LogP contribution in [0.5, 0.6) is 0 Å². The molecule has 0 heterocycles. The highest BCUT2D eigenvalue weighted by Crippen LogP contribution is 1.93. The van der Waals surface area contributed by atoms with Gasteiger partial charge in [-0.3, -0.25) is 15.0 Å². The summed E-state index contributed by atoms with van der Waals surface area (Å²) in [5.74, 6) is -1.27. The molecular weight excluding hydrogens is 164 g/mol. The minimum absolute atomic E-state index is 0.189. The molecule has 2 N–H and O–H groups in total. The van der Waals surface area contributed by atoms with Crippen molar-refractivity contribution in [2.45, 2.75) is 6.04 Å². The van der Waals surface area contributed by atoms with Crippen LogP contribution in [0.2, 0.25) is 0 Å². The Balaban J connectivity index is 4.41. The highest BCUT2D eigenvalue weighted by molar-refractivity contribution is 5.78. The molecule has 0 aliphatic carbocycles. The maximum Gasteiger partial charge on any atom is 0.332 e. The number of nitrogens with zero attached hydrogens (tertiary/aromatic N) is 1. The zero-order valence-electron chi connectivity index (χ0n) is 6.14. The van der Waals surface area contributed by atoms with Crippen LogP contribution in [0.25, 0.3) is 0 Å². The summed E-state index contributed by atoms with van der Waals surface area (Å²) in [5.41, 5.74) is 1.90. The minimum atomic E-state index is -1.27. The predicted octanol–water partition coefficient (Wildman–Crippen LogP) is -1.25. The molecule has 0 aromatic carbocycles. The van der Waals surface area contributed by atoms with Crippen molar-refractivity contribution in [3.05, 3.63) is 12.7 Å². The van der Waals surface area contributed by atoms with Crippen LogP contribution in [0.4, 0.5) is 0 Å². The highest BCUT2D eigenvalue weighted by atomic mass is 16.4. The first-order valence-corrected chi connectivity index (χ1v) is 2.96. The topological polar surface area (TPSA) is 86.7 Å². The molecule has 6 heteroatoms. The largest absolute Gasteiger partial charge is 0.479 e. The van der Waals surface area contributed by atoms with Gasteiger partial charge in [-0.25, -0.2) is 9.80 Å². The van der Waals surface area contributed by atoms with E-state index in [0.717, 1.165) is 6.08 Å². The highest BCUT2D eigenvalue weighted by Gasteiger charge is 2.20. The van der Waals surface area contributed by atoms with E-state index in [1.807, 2.05) is 5.43 Å². The van der Waals surface area contributed by atoms with Gasteiger partial charge in [0.2, 0.25) is 12.8 Å². The second-order valence-electron chi connectivity index (χ2n) is 1.78.